The van der Waals surface area contributed by atoms with E-state index >= 15 is 0 Å². The van der Waals surface area contributed by atoms with E-state index in [1.54, 1.807) is 24.3 Å². The van der Waals surface area contributed by atoms with Gasteiger partial charge in [0.15, 0.2) is 0 Å². The molecule has 5 nitrogen and oxygen atoms in total. The van der Waals surface area contributed by atoms with Crippen LogP contribution in [0.3, 0.4) is 0 Å². The van der Waals surface area contributed by atoms with Gasteiger partial charge in [-0.05, 0) is 26.2 Å². The number of amides is 1. The molecule has 1 aromatic carbocycles. The van der Waals surface area contributed by atoms with Crippen molar-refractivity contribution in [3.8, 4) is 6.07 Å². The van der Waals surface area contributed by atoms with Crippen molar-refractivity contribution in [2.75, 3.05) is 39.0 Å². The number of likely N-dealkylation sites (N-methyl/N-ethyl adjacent to an activating group) is 1. The second-order valence-electron chi connectivity index (χ2n) is 4.19. The van der Waals surface area contributed by atoms with Gasteiger partial charge in [-0.1, -0.05) is 12.1 Å². The lowest BCUT2D eigenvalue weighted by Crippen LogP contribution is -2.33. The summed E-state index contributed by atoms with van der Waals surface area (Å²) in [6.07, 6.45) is 0. The highest BCUT2D eigenvalue weighted by atomic mass is 16.1. The fraction of sp³-hybridized carbons (Fsp3) is 0.385. The van der Waals surface area contributed by atoms with Crippen LogP contribution in [0.4, 0.5) is 5.69 Å². The van der Waals surface area contributed by atoms with Crippen molar-refractivity contribution in [2.45, 2.75) is 0 Å². The first-order chi connectivity index (χ1) is 8.63. The Morgan fingerprint density at radius 3 is 2.78 bits per heavy atom. The molecule has 0 bridgehead atoms. The molecule has 2 N–H and O–H groups in total. The van der Waals surface area contributed by atoms with Gasteiger partial charge in [-0.2, -0.15) is 5.26 Å². The number of nitrogens with one attached hydrogen (secondary N) is 2. The predicted octanol–water partition coefficient (Wildman–Crippen LogP) is 0.648. The Labute approximate surface area is 107 Å². The highest BCUT2D eigenvalue weighted by molar-refractivity contribution is 5.93. The fourth-order valence-electron chi connectivity index (χ4n) is 1.39. The van der Waals surface area contributed by atoms with Crippen LogP contribution in [0.25, 0.3) is 0 Å². The van der Waals surface area contributed by atoms with Crippen LogP contribution in [0, 0.1) is 11.3 Å². The number of carbonyl (C=O) groups excluding carboxylic acids is 1. The van der Waals surface area contributed by atoms with Crippen molar-refractivity contribution in [3.05, 3.63) is 29.8 Å². The number of rotatable bonds is 6. The van der Waals surface area contributed by atoms with Gasteiger partial charge in [-0.3, -0.25) is 4.79 Å². The van der Waals surface area contributed by atoms with E-state index in [0.717, 1.165) is 13.1 Å². The third-order valence-corrected chi connectivity index (χ3v) is 2.34. The van der Waals surface area contributed by atoms with Crippen molar-refractivity contribution in [2.24, 2.45) is 0 Å². The number of hydrogen-bond donors (Lipinski definition) is 2. The SMILES string of the molecule is CN(C)CCNCC(=O)Nc1ccccc1C#N. The van der Waals surface area contributed by atoms with E-state index in [0.29, 0.717) is 11.3 Å². The van der Waals surface area contributed by atoms with Gasteiger partial charge in [0.25, 0.3) is 0 Å². The van der Waals surface area contributed by atoms with Gasteiger partial charge in [0.05, 0.1) is 17.8 Å². The molecule has 0 radical (unpaired) electrons. The summed E-state index contributed by atoms with van der Waals surface area (Å²) in [4.78, 5) is 13.7. The largest absolute Gasteiger partial charge is 0.324 e. The van der Waals surface area contributed by atoms with Crippen molar-refractivity contribution >= 4 is 11.6 Å². The molecule has 0 unspecified atom stereocenters. The number of para-hydroxylation sites is 1. The Bertz CT molecular complexity index is 437. The summed E-state index contributed by atoms with van der Waals surface area (Å²) < 4.78 is 0. The van der Waals surface area contributed by atoms with Crippen LogP contribution in [0.15, 0.2) is 24.3 Å². The van der Waals surface area contributed by atoms with E-state index in [1.165, 1.54) is 0 Å². The Morgan fingerprint density at radius 1 is 1.39 bits per heavy atom. The lowest BCUT2D eigenvalue weighted by Gasteiger charge is -2.10. The smallest absolute Gasteiger partial charge is 0.238 e. The molecule has 0 aliphatic carbocycles. The predicted molar refractivity (Wildman–Crippen MR) is 71.2 cm³/mol. The molecule has 0 fully saturated rings. The van der Waals surface area contributed by atoms with Crippen LogP contribution >= 0.6 is 0 Å². The lowest BCUT2D eigenvalue weighted by atomic mass is 10.2. The minimum absolute atomic E-state index is 0.142. The summed E-state index contributed by atoms with van der Waals surface area (Å²) >= 11 is 0. The Kier molecular flexibility index (Phi) is 5.85. The van der Waals surface area contributed by atoms with Gasteiger partial charge in [0, 0.05) is 13.1 Å². The first-order valence-electron chi connectivity index (χ1n) is 5.78. The molecule has 0 atom stereocenters. The number of nitrogens with zero attached hydrogens (tertiary/aromatic N) is 2. The summed E-state index contributed by atoms with van der Waals surface area (Å²) in [6.45, 7) is 1.87. The maximum absolute atomic E-state index is 11.6. The van der Waals surface area contributed by atoms with Crippen LogP contribution in [0.2, 0.25) is 0 Å². The molecule has 0 aliphatic rings. The van der Waals surface area contributed by atoms with Crippen LogP contribution in [0.5, 0.6) is 0 Å². The Hall–Kier alpha value is -1.90. The number of hydrogen-bond acceptors (Lipinski definition) is 4. The summed E-state index contributed by atoms with van der Waals surface area (Å²) in [7, 11) is 3.95. The molecule has 96 valence electrons. The topological polar surface area (TPSA) is 68.2 Å². The average Bonchev–Trinajstić information content (AvgIpc) is 2.35. The van der Waals surface area contributed by atoms with E-state index in [-0.39, 0.29) is 12.5 Å². The molecule has 0 aliphatic heterocycles. The van der Waals surface area contributed by atoms with Gasteiger partial charge in [0.1, 0.15) is 6.07 Å². The molecule has 0 heterocycles. The van der Waals surface area contributed by atoms with Gasteiger partial charge >= 0.3 is 0 Å². The fourth-order valence-corrected chi connectivity index (χ4v) is 1.39. The van der Waals surface area contributed by atoms with E-state index in [4.69, 9.17) is 5.26 Å². The second kappa shape index (κ2) is 7.43. The number of anilines is 1. The zero-order chi connectivity index (χ0) is 13.4. The third-order valence-electron chi connectivity index (χ3n) is 2.34. The summed E-state index contributed by atoms with van der Waals surface area (Å²) in [6, 6.07) is 8.99. The summed E-state index contributed by atoms with van der Waals surface area (Å²) in [5, 5.41) is 14.6. The monoisotopic (exact) mass is 246 g/mol. The maximum atomic E-state index is 11.6. The number of carbonyl (C=O) groups is 1. The summed E-state index contributed by atoms with van der Waals surface area (Å²) in [5.41, 5.74) is 1.03. The lowest BCUT2D eigenvalue weighted by molar-refractivity contribution is -0.115. The zero-order valence-corrected chi connectivity index (χ0v) is 10.7. The van der Waals surface area contributed by atoms with E-state index in [1.807, 2.05) is 25.1 Å². The highest BCUT2D eigenvalue weighted by Gasteiger charge is 2.05. The molecule has 5 heteroatoms. The van der Waals surface area contributed by atoms with Crippen molar-refractivity contribution in [1.29, 1.82) is 5.26 Å². The average molecular weight is 246 g/mol. The second-order valence-corrected chi connectivity index (χ2v) is 4.19. The quantitative estimate of drug-likeness (QED) is 0.723. The standard InChI is InChI=1S/C13H18N4O/c1-17(2)8-7-15-10-13(18)16-12-6-4-3-5-11(12)9-14/h3-6,15H,7-8,10H2,1-2H3,(H,16,18). The molecular formula is C13H18N4O. The molecule has 1 aromatic rings. The van der Waals surface area contributed by atoms with Gasteiger partial charge in [0.2, 0.25) is 5.91 Å². The molecule has 18 heavy (non-hydrogen) atoms. The zero-order valence-electron chi connectivity index (χ0n) is 10.7. The Morgan fingerprint density at radius 2 is 2.11 bits per heavy atom. The van der Waals surface area contributed by atoms with Crippen molar-refractivity contribution in [1.82, 2.24) is 10.2 Å². The normalized spacial score (nSPS) is 10.1. The highest BCUT2D eigenvalue weighted by Crippen LogP contribution is 2.12. The summed E-state index contributed by atoms with van der Waals surface area (Å²) in [5.74, 6) is -0.142. The van der Waals surface area contributed by atoms with E-state index in [9.17, 15) is 4.79 Å². The minimum atomic E-state index is -0.142. The first kappa shape index (κ1) is 14.2. The van der Waals surface area contributed by atoms with Gasteiger partial charge in [-0.25, -0.2) is 0 Å². The molecule has 1 rings (SSSR count). The van der Waals surface area contributed by atoms with Crippen LogP contribution < -0.4 is 10.6 Å². The maximum Gasteiger partial charge on any atom is 0.238 e. The molecule has 0 aromatic heterocycles. The van der Waals surface area contributed by atoms with Crippen LogP contribution in [0.1, 0.15) is 5.56 Å². The molecule has 0 saturated heterocycles. The minimum Gasteiger partial charge on any atom is -0.324 e. The molecule has 0 saturated carbocycles. The molecular weight excluding hydrogens is 228 g/mol. The number of benzene rings is 1. The van der Waals surface area contributed by atoms with Gasteiger partial charge in [-0.15, -0.1) is 0 Å². The molecule has 1 amide bonds. The third kappa shape index (κ3) is 4.95. The number of nitriles is 1. The van der Waals surface area contributed by atoms with E-state index < -0.39 is 0 Å². The van der Waals surface area contributed by atoms with Crippen molar-refractivity contribution in [3.63, 3.8) is 0 Å². The van der Waals surface area contributed by atoms with Crippen LogP contribution in [-0.2, 0) is 4.79 Å². The Balaban J connectivity index is 2.38. The van der Waals surface area contributed by atoms with Crippen molar-refractivity contribution < 1.29 is 4.79 Å². The van der Waals surface area contributed by atoms with Gasteiger partial charge < -0.3 is 15.5 Å². The van der Waals surface area contributed by atoms with E-state index in [2.05, 4.69) is 10.6 Å². The van der Waals surface area contributed by atoms with Crippen LogP contribution in [-0.4, -0.2) is 44.5 Å². The first-order valence-corrected chi connectivity index (χ1v) is 5.78. The molecule has 0 spiro atoms.